The molecule has 1 heterocycles. The summed E-state index contributed by atoms with van der Waals surface area (Å²) in [5.41, 5.74) is 0.884. The monoisotopic (exact) mass is 308 g/mol. The second-order valence-electron chi connectivity index (χ2n) is 6.32. The van der Waals surface area contributed by atoms with Crippen molar-refractivity contribution in [2.45, 2.75) is 26.9 Å². The first-order valence-corrected chi connectivity index (χ1v) is 7.84. The Morgan fingerprint density at radius 2 is 2.27 bits per heavy atom. The zero-order valence-corrected chi connectivity index (χ0v) is 13.6. The van der Waals surface area contributed by atoms with E-state index in [2.05, 4.69) is 24.1 Å². The maximum absolute atomic E-state index is 13.5. The van der Waals surface area contributed by atoms with E-state index in [1.54, 1.807) is 19.1 Å². The second kappa shape index (κ2) is 7.70. The second-order valence-corrected chi connectivity index (χ2v) is 6.32. The topological polar surface area (TPSA) is 41.6 Å². The Balaban J connectivity index is 1.84. The minimum atomic E-state index is -0.357. The van der Waals surface area contributed by atoms with Crippen LogP contribution in [-0.2, 0) is 4.74 Å². The average Bonchev–Trinajstić information content (AvgIpc) is 2.47. The molecule has 1 fully saturated rings. The van der Waals surface area contributed by atoms with Gasteiger partial charge in [-0.15, -0.1) is 0 Å². The number of nitrogens with zero attached hydrogens (tertiary/aromatic N) is 1. The summed E-state index contributed by atoms with van der Waals surface area (Å²) in [6.45, 7) is 9.99. The van der Waals surface area contributed by atoms with Crippen LogP contribution in [0.3, 0.4) is 0 Å². The molecule has 0 radical (unpaired) electrons. The fraction of sp³-hybridized carbons (Fsp3) is 0.588. The third-order valence-corrected chi connectivity index (χ3v) is 3.77. The first-order chi connectivity index (χ1) is 10.5. The number of hydrogen-bond donors (Lipinski definition) is 1. The van der Waals surface area contributed by atoms with Crippen molar-refractivity contribution in [3.05, 3.63) is 35.1 Å². The van der Waals surface area contributed by atoms with Gasteiger partial charge in [0.25, 0.3) is 5.91 Å². The van der Waals surface area contributed by atoms with Gasteiger partial charge in [-0.25, -0.2) is 4.39 Å². The van der Waals surface area contributed by atoms with Gasteiger partial charge in [-0.2, -0.15) is 0 Å². The molecule has 22 heavy (non-hydrogen) atoms. The number of benzene rings is 1. The van der Waals surface area contributed by atoms with E-state index in [-0.39, 0.29) is 17.8 Å². The van der Waals surface area contributed by atoms with Gasteiger partial charge in [-0.05, 0) is 30.5 Å². The van der Waals surface area contributed by atoms with Crippen LogP contribution in [0.15, 0.2) is 18.2 Å². The number of hydrogen-bond acceptors (Lipinski definition) is 3. The molecule has 122 valence electrons. The number of halogens is 1. The molecule has 1 saturated heterocycles. The predicted octanol–water partition coefficient (Wildman–Crippen LogP) is 2.22. The Kier molecular flexibility index (Phi) is 5.91. The van der Waals surface area contributed by atoms with Crippen LogP contribution >= 0.6 is 0 Å². The Hall–Kier alpha value is -1.46. The Bertz CT molecular complexity index is 519. The molecule has 0 bridgehead atoms. The molecule has 1 atom stereocenters. The van der Waals surface area contributed by atoms with Crippen LogP contribution in [0.25, 0.3) is 0 Å². The highest BCUT2D eigenvalue weighted by Gasteiger charge is 2.21. The molecular formula is C17H25FN2O2. The van der Waals surface area contributed by atoms with Crippen LogP contribution in [0.1, 0.15) is 29.8 Å². The predicted molar refractivity (Wildman–Crippen MR) is 84.5 cm³/mol. The van der Waals surface area contributed by atoms with Gasteiger partial charge in [-0.3, -0.25) is 9.69 Å². The molecule has 0 aromatic heterocycles. The van der Waals surface area contributed by atoms with E-state index in [4.69, 9.17) is 4.74 Å². The average molecular weight is 308 g/mol. The van der Waals surface area contributed by atoms with E-state index >= 15 is 0 Å². The molecule has 4 nitrogen and oxygen atoms in total. The van der Waals surface area contributed by atoms with Crippen molar-refractivity contribution >= 4 is 5.91 Å². The quantitative estimate of drug-likeness (QED) is 0.907. The maximum Gasteiger partial charge on any atom is 0.251 e. The van der Waals surface area contributed by atoms with Gasteiger partial charge in [-0.1, -0.05) is 19.9 Å². The number of carbonyl (C=O) groups excluding carboxylic acids is 1. The summed E-state index contributed by atoms with van der Waals surface area (Å²) < 4.78 is 19.2. The molecule has 1 aromatic carbocycles. The summed E-state index contributed by atoms with van der Waals surface area (Å²) in [5.74, 6) is -0.00275. The molecule has 5 heteroatoms. The number of rotatable bonds is 5. The lowest BCUT2D eigenvalue weighted by atomic mass is 10.1. The zero-order chi connectivity index (χ0) is 16.1. The largest absolute Gasteiger partial charge is 0.374 e. The van der Waals surface area contributed by atoms with E-state index in [9.17, 15) is 9.18 Å². The van der Waals surface area contributed by atoms with Crippen molar-refractivity contribution in [2.75, 3.05) is 32.8 Å². The van der Waals surface area contributed by atoms with Crippen LogP contribution in [0, 0.1) is 18.7 Å². The fourth-order valence-corrected chi connectivity index (χ4v) is 2.63. The van der Waals surface area contributed by atoms with Gasteiger partial charge in [0, 0.05) is 31.7 Å². The number of carbonyl (C=O) groups is 1. The van der Waals surface area contributed by atoms with E-state index in [1.807, 2.05) is 0 Å². The number of amides is 1. The number of ether oxygens (including phenoxy) is 1. The third kappa shape index (κ3) is 4.78. The molecule has 0 spiro atoms. The van der Waals surface area contributed by atoms with Crippen LogP contribution in [0.2, 0.25) is 0 Å². The fourth-order valence-electron chi connectivity index (χ4n) is 2.63. The Morgan fingerprint density at radius 1 is 1.50 bits per heavy atom. The number of aryl methyl sites for hydroxylation is 1. The molecule has 1 unspecified atom stereocenters. The van der Waals surface area contributed by atoms with Gasteiger partial charge < -0.3 is 10.1 Å². The standard InChI is InChI=1S/C17H25FN2O2/c1-12(2)10-20-6-7-22-15(11-20)9-19-17(21)14-5-4-13(3)16(18)8-14/h4-5,8,12,15H,6-7,9-11H2,1-3H3,(H,19,21). The van der Waals surface area contributed by atoms with E-state index < -0.39 is 0 Å². The first-order valence-electron chi connectivity index (χ1n) is 7.84. The lowest BCUT2D eigenvalue weighted by Crippen LogP contribution is -2.48. The van der Waals surface area contributed by atoms with Crippen molar-refractivity contribution in [2.24, 2.45) is 5.92 Å². The van der Waals surface area contributed by atoms with Crippen molar-refractivity contribution in [3.63, 3.8) is 0 Å². The van der Waals surface area contributed by atoms with Crippen molar-refractivity contribution in [3.8, 4) is 0 Å². The van der Waals surface area contributed by atoms with Gasteiger partial charge in [0.2, 0.25) is 0 Å². The summed E-state index contributed by atoms with van der Waals surface area (Å²) in [6, 6.07) is 4.53. The maximum atomic E-state index is 13.5. The first kappa shape index (κ1) is 16.9. The summed E-state index contributed by atoms with van der Waals surface area (Å²) in [5, 5.41) is 2.83. The van der Waals surface area contributed by atoms with Crippen LogP contribution < -0.4 is 5.32 Å². The van der Waals surface area contributed by atoms with Crippen LogP contribution in [-0.4, -0.2) is 49.7 Å². The van der Waals surface area contributed by atoms with Crippen LogP contribution in [0.5, 0.6) is 0 Å². The van der Waals surface area contributed by atoms with Gasteiger partial charge in [0.05, 0.1) is 12.7 Å². The highest BCUT2D eigenvalue weighted by molar-refractivity contribution is 5.94. The lowest BCUT2D eigenvalue weighted by molar-refractivity contribution is -0.0295. The lowest BCUT2D eigenvalue weighted by Gasteiger charge is -2.33. The Morgan fingerprint density at radius 3 is 2.95 bits per heavy atom. The Labute approximate surface area is 131 Å². The smallest absolute Gasteiger partial charge is 0.251 e. The van der Waals surface area contributed by atoms with E-state index in [0.717, 1.165) is 19.6 Å². The number of nitrogens with one attached hydrogen (secondary N) is 1. The summed E-state index contributed by atoms with van der Waals surface area (Å²) in [4.78, 5) is 14.4. The van der Waals surface area contributed by atoms with Crippen molar-refractivity contribution in [1.29, 1.82) is 0 Å². The summed E-state index contributed by atoms with van der Waals surface area (Å²) >= 11 is 0. The molecule has 1 aromatic rings. The minimum Gasteiger partial charge on any atom is -0.374 e. The molecule has 0 aliphatic carbocycles. The normalized spacial score (nSPS) is 19.4. The van der Waals surface area contributed by atoms with Crippen molar-refractivity contribution < 1.29 is 13.9 Å². The van der Waals surface area contributed by atoms with Crippen LogP contribution in [0.4, 0.5) is 4.39 Å². The molecule has 2 rings (SSSR count). The zero-order valence-electron chi connectivity index (χ0n) is 13.6. The highest BCUT2D eigenvalue weighted by Crippen LogP contribution is 2.10. The highest BCUT2D eigenvalue weighted by atomic mass is 19.1. The molecule has 1 N–H and O–H groups in total. The molecule has 0 saturated carbocycles. The van der Waals surface area contributed by atoms with E-state index in [0.29, 0.717) is 30.2 Å². The van der Waals surface area contributed by atoms with Gasteiger partial charge >= 0.3 is 0 Å². The third-order valence-electron chi connectivity index (χ3n) is 3.77. The molecule has 1 amide bonds. The minimum absolute atomic E-state index is 0.00764. The summed E-state index contributed by atoms with van der Waals surface area (Å²) in [7, 11) is 0. The number of morpholine rings is 1. The van der Waals surface area contributed by atoms with Crippen molar-refractivity contribution in [1.82, 2.24) is 10.2 Å². The van der Waals surface area contributed by atoms with Gasteiger partial charge in [0.1, 0.15) is 5.82 Å². The summed E-state index contributed by atoms with van der Waals surface area (Å²) in [6.07, 6.45) is -0.00764. The molecule has 1 aliphatic rings. The van der Waals surface area contributed by atoms with E-state index in [1.165, 1.54) is 6.07 Å². The molecule has 1 aliphatic heterocycles. The SMILES string of the molecule is Cc1ccc(C(=O)NCC2CN(CC(C)C)CCO2)cc1F. The van der Waals surface area contributed by atoms with Gasteiger partial charge in [0.15, 0.2) is 0 Å². The molecular weight excluding hydrogens is 283 g/mol.